The van der Waals surface area contributed by atoms with E-state index in [0.29, 0.717) is 17.9 Å². The molecule has 0 bridgehead atoms. The normalized spacial score (nSPS) is 18.2. The predicted molar refractivity (Wildman–Crippen MR) is 61.0 cm³/mol. The van der Waals surface area contributed by atoms with Gasteiger partial charge in [0.2, 0.25) is 0 Å². The van der Waals surface area contributed by atoms with Gasteiger partial charge >= 0.3 is 5.97 Å². The Hall–Kier alpha value is -1.84. The first-order valence-electron chi connectivity index (χ1n) is 5.64. The smallest absolute Gasteiger partial charge is 0.306 e. The number of fused-ring (bicyclic) bond motifs is 1. The molecule has 0 saturated carbocycles. The lowest BCUT2D eigenvalue weighted by Crippen LogP contribution is -2.30. The first-order chi connectivity index (χ1) is 8.22. The molecule has 1 heterocycles. The second-order valence-corrected chi connectivity index (χ2v) is 3.88. The molecule has 2 rings (SSSR count). The third-order valence-corrected chi connectivity index (χ3v) is 2.68. The van der Waals surface area contributed by atoms with E-state index in [2.05, 4.69) is 0 Å². The van der Waals surface area contributed by atoms with E-state index in [9.17, 15) is 9.59 Å². The van der Waals surface area contributed by atoms with Crippen molar-refractivity contribution in [1.29, 1.82) is 0 Å². The summed E-state index contributed by atoms with van der Waals surface area (Å²) in [7, 11) is 0. The molecule has 1 aromatic carbocycles. The second kappa shape index (κ2) is 4.99. The lowest BCUT2D eigenvalue weighted by atomic mass is 9.92. The molecule has 0 radical (unpaired) electrons. The lowest BCUT2D eigenvalue weighted by molar-refractivity contribution is -0.144. The molecule has 1 aliphatic heterocycles. The average Bonchev–Trinajstić information content (AvgIpc) is 2.33. The quantitative estimate of drug-likeness (QED) is 0.749. The van der Waals surface area contributed by atoms with Crippen LogP contribution < -0.4 is 4.74 Å². The molecule has 0 saturated heterocycles. The fraction of sp³-hybridized carbons (Fsp3) is 0.385. The summed E-state index contributed by atoms with van der Waals surface area (Å²) in [6.07, 6.45) is 0.0843. The summed E-state index contributed by atoms with van der Waals surface area (Å²) in [6.45, 7) is 2.32. The number of ether oxygens (including phenoxy) is 2. The van der Waals surface area contributed by atoms with Crippen LogP contribution in [-0.2, 0) is 9.53 Å². The number of benzene rings is 1. The van der Waals surface area contributed by atoms with Crippen LogP contribution in [-0.4, -0.2) is 25.0 Å². The summed E-state index contributed by atoms with van der Waals surface area (Å²) in [6, 6.07) is 7.08. The molecule has 1 atom stereocenters. The summed E-state index contributed by atoms with van der Waals surface area (Å²) >= 11 is 0. The molecule has 90 valence electrons. The molecule has 0 amide bonds. The number of carbonyl (C=O) groups excluding carboxylic acids is 2. The van der Waals surface area contributed by atoms with Gasteiger partial charge in [0.15, 0.2) is 5.78 Å². The van der Waals surface area contributed by atoms with Crippen LogP contribution in [0.1, 0.15) is 23.7 Å². The standard InChI is InChI=1S/C13H14O4/c1-2-16-12(14)7-9-8-17-11-6-4-3-5-10(11)13(9)15/h3-6,9H,2,7-8H2,1H3/t9-/m0/s1. The molecule has 1 aromatic rings. The maximum absolute atomic E-state index is 12.1. The second-order valence-electron chi connectivity index (χ2n) is 3.88. The van der Waals surface area contributed by atoms with Crippen molar-refractivity contribution in [3.05, 3.63) is 29.8 Å². The molecule has 0 N–H and O–H groups in total. The fourth-order valence-electron chi connectivity index (χ4n) is 1.85. The van der Waals surface area contributed by atoms with Crippen LogP contribution in [0.25, 0.3) is 0 Å². The van der Waals surface area contributed by atoms with Gasteiger partial charge in [0.05, 0.1) is 31.1 Å². The van der Waals surface area contributed by atoms with Crippen LogP contribution in [0.4, 0.5) is 0 Å². The minimum absolute atomic E-state index is 0.0418. The van der Waals surface area contributed by atoms with Gasteiger partial charge < -0.3 is 9.47 Å². The fourth-order valence-corrected chi connectivity index (χ4v) is 1.85. The highest BCUT2D eigenvalue weighted by atomic mass is 16.5. The number of ketones is 1. The highest BCUT2D eigenvalue weighted by Crippen LogP contribution is 2.28. The van der Waals surface area contributed by atoms with E-state index in [1.807, 2.05) is 6.07 Å². The van der Waals surface area contributed by atoms with Crippen LogP contribution in [0.15, 0.2) is 24.3 Å². The number of hydrogen-bond acceptors (Lipinski definition) is 4. The van der Waals surface area contributed by atoms with Gasteiger partial charge in [-0.3, -0.25) is 9.59 Å². The molecule has 0 unspecified atom stereocenters. The Morgan fingerprint density at radius 3 is 3.00 bits per heavy atom. The number of rotatable bonds is 3. The van der Waals surface area contributed by atoms with E-state index in [-0.39, 0.29) is 24.8 Å². The topological polar surface area (TPSA) is 52.6 Å². The van der Waals surface area contributed by atoms with Crippen LogP contribution in [0, 0.1) is 5.92 Å². The van der Waals surface area contributed by atoms with E-state index >= 15 is 0 Å². The molecular weight excluding hydrogens is 220 g/mol. The average molecular weight is 234 g/mol. The van der Waals surface area contributed by atoms with Gasteiger partial charge in [-0.15, -0.1) is 0 Å². The van der Waals surface area contributed by atoms with Crippen LogP contribution in [0.2, 0.25) is 0 Å². The molecule has 17 heavy (non-hydrogen) atoms. The van der Waals surface area contributed by atoms with Gasteiger partial charge in [-0.25, -0.2) is 0 Å². The third-order valence-electron chi connectivity index (χ3n) is 2.68. The van der Waals surface area contributed by atoms with Crippen molar-refractivity contribution in [2.75, 3.05) is 13.2 Å². The Bertz CT molecular complexity index is 439. The first kappa shape index (κ1) is 11.6. The Labute approximate surface area is 99.5 Å². The van der Waals surface area contributed by atoms with E-state index in [0.717, 1.165) is 0 Å². The summed E-state index contributed by atoms with van der Waals surface area (Å²) in [5, 5.41) is 0. The van der Waals surface area contributed by atoms with Gasteiger partial charge in [-0.1, -0.05) is 12.1 Å². The molecular formula is C13H14O4. The van der Waals surface area contributed by atoms with E-state index in [4.69, 9.17) is 9.47 Å². The summed E-state index contributed by atoms with van der Waals surface area (Å²) in [5.41, 5.74) is 0.549. The zero-order valence-electron chi connectivity index (χ0n) is 9.64. The van der Waals surface area contributed by atoms with Gasteiger partial charge in [0.25, 0.3) is 0 Å². The monoisotopic (exact) mass is 234 g/mol. The van der Waals surface area contributed by atoms with Crippen LogP contribution in [0.3, 0.4) is 0 Å². The number of carbonyl (C=O) groups is 2. The number of esters is 1. The lowest BCUT2D eigenvalue weighted by Gasteiger charge is -2.23. The molecule has 0 aliphatic carbocycles. The van der Waals surface area contributed by atoms with Crippen molar-refractivity contribution < 1.29 is 19.1 Å². The van der Waals surface area contributed by atoms with Crippen molar-refractivity contribution >= 4 is 11.8 Å². The van der Waals surface area contributed by atoms with E-state index in [1.54, 1.807) is 25.1 Å². The van der Waals surface area contributed by atoms with Crippen molar-refractivity contribution in [2.24, 2.45) is 5.92 Å². The molecule has 0 fully saturated rings. The minimum Gasteiger partial charge on any atom is -0.492 e. The zero-order valence-corrected chi connectivity index (χ0v) is 9.64. The van der Waals surface area contributed by atoms with Crippen molar-refractivity contribution in [2.45, 2.75) is 13.3 Å². The van der Waals surface area contributed by atoms with E-state index < -0.39 is 5.92 Å². The van der Waals surface area contributed by atoms with Gasteiger partial charge in [-0.2, -0.15) is 0 Å². The molecule has 0 aromatic heterocycles. The van der Waals surface area contributed by atoms with Gasteiger partial charge in [0.1, 0.15) is 5.75 Å². The number of Topliss-reactive ketones (excluding diaryl/α,β-unsaturated/α-hetero) is 1. The summed E-state index contributed by atoms with van der Waals surface area (Å²) in [4.78, 5) is 23.4. The van der Waals surface area contributed by atoms with Crippen LogP contribution >= 0.6 is 0 Å². The van der Waals surface area contributed by atoms with Crippen LogP contribution in [0.5, 0.6) is 5.75 Å². The Kier molecular flexibility index (Phi) is 3.42. The molecule has 4 heteroatoms. The first-order valence-corrected chi connectivity index (χ1v) is 5.64. The zero-order chi connectivity index (χ0) is 12.3. The Balaban J connectivity index is 2.10. The third kappa shape index (κ3) is 2.46. The Morgan fingerprint density at radius 2 is 2.24 bits per heavy atom. The predicted octanol–water partition coefficient (Wildman–Crippen LogP) is 1.83. The molecule has 1 aliphatic rings. The van der Waals surface area contributed by atoms with Crippen molar-refractivity contribution in [3.8, 4) is 5.75 Å². The number of para-hydroxylation sites is 1. The summed E-state index contributed by atoms with van der Waals surface area (Å²) < 4.78 is 10.3. The Morgan fingerprint density at radius 1 is 1.47 bits per heavy atom. The molecule has 0 spiro atoms. The van der Waals surface area contributed by atoms with Gasteiger partial charge in [0, 0.05) is 0 Å². The minimum atomic E-state index is -0.427. The summed E-state index contributed by atoms with van der Waals surface area (Å²) in [5.74, 6) is -0.227. The molecule has 4 nitrogen and oxygen atoms in total. The maximum Gasteiger partial charge on any atom is 0.306 e. The maximum atomic E-state index is 12.1. The van der Waals surface area contributed by atoms with Crippen molar-refractivity contribution in [1.82, 2.24) is 0 Å². The van der Waals surface area contributed by atoms with Gasteiger partial charge in [-0.05, 0) is 19.1 Å². The van der Waals surface area contributed by atoms with E-state index in [1.165, 1.54) is 0 Å². The highest BCUT2D eigenvalue weighted by molar-refractivity contribution is 6.02. The largest absolute Gasteiger partial charge is 0.492 e. The van der Waals surface area contributed by atoms with Crippen molar-refractivity contribution in [3.63, 3.8) is 0 Å². The number of hydrogen-bond donors (Lipinski definition) is 0. The SMILES string of the molecule is CCOC(=O)C[C@H]1COc2ccccc2C1=O. The highest BCUT2D eigenvalue weighted by Gasteiger charge is 2.30.